The third kappa shape index (κ3) is 3.47. The molecule has 2 fully saturated rings. The molecule has 0 saturated heterocycles. The van der Waals surface area contributed by atoms with Gasteiger partial charge in [-0.3, -0.25) is 0 Å². The van der Waals surface area contributed by atoms with Crippen molar-refractivity contribution >= 4 is 0 Å². The molecule has 0 aromatic rings. The van der Waals surface area contributed by atoms with Crippen molar-refractivity contribution in [2.75, 3.05) is 0 Å². The molecule has 1 nitrogen and oxygen atoms in total. The van der Waals surface area contributed by atoms with Gasteiger partial charge < -0.3 is 5.32 Å². The van der Waals surface area contributed by atoms with E-state index in [1.807, 2.05) is 0 Å². The van der Waals surface area contributed by atoms with Crippen LogP contribution >= 0.6 is 0 Å². The molecule has 0 bridgehead atoms. The molecule has 2 rings (SSSR count). The molecule has 17 heavy (non-hydrogen) atoms. The van der Waals surface area contributed by atoms with Gasteiger partial charge in [-0.25, -0.2) is 0 Å². The Hall–Kier alpha value is -0.0400. The summed E-state index contributed by atoms with van der Waals surface area (Å²) in [5, 5.41) is 3.98. The molecule has 2 aliphatic carbocycles. The van der Waals surface area contributed by atoms with Gasteiger partial charge in [0.2, 0.25) is 0 Å². The van der Waals surface area contributed by atoms with Crippen LogP contribution in [0.4, 0.5) is 0 Å². The highest BCUT2D eigenvalue weighted by atomic mass is 15.0. The Morgan fingerprint density at radius 2 is 1.76 bits per heavy atom. The molecule has 0 amide bonds. The van der Waals surface area contributed by atoms with Crippen LogP contribution < -0.4 is 5.32 Å². The van der Waals surface area contributed by atoms with Crippen LogP contribution in [0.25, 0.3) is 0 Å². The summed E-state index contributed by atoms with van der Waals surface area (Å²) >= 11 is 0. The molecule has 2 aliphatic rings. The van der Waals surface area contributed by atoms with Crippen LogP contribution in [0.15, 0.2) is 0 Å². The molecule has 4 unspecified atom stereocenters. The van der Waals surface area contributed by atoms with Gasteiger partial charge in [0.25, 0.3) is 0 Å². The van der Waals surface area contributed by atoms with Crippen molar-refractivity contribution in [3.63, 3.8) is 0 Å². The average molecular weight is 237 g/mol. The number of hydrogen-bond acceptors (Lipinski definition) is 1. The zero-order valence-corrected chi connectivity index (χ0v) is 12.3. The second kappa shape index (κ2) is 5.30. The summed E-state index contributed by atoms with van der Waals surface area (Å²) in [6.45, 7) is 9.59. The number of nitrogens with one attached hydrogen (secondary N) is 1. The van der Waals surface area contributed by atoms with Crippen LogP contribution in [0, 0.1) is 17.3 Å². The first-order valence-corrected chi connectivity index (χ1v) is 7.78. The van der Waals surface area contributed by atoms with Crippen LogP contribution in [-0.2, 0) is 0 Å². The fourth-order valence-electron chi connectivity index (χ4n) is 3.78. The third-order valence-corrected chi connectivity index (χ3v) is 4.89. The van der Waals surface area contributed by atoms with Gasteiger partial charge in [0.05, 0.1) is 0 Å². The maximum atomic E-state index is 3.98. The molecule has 0 aromatic carbocycles. The standard InChI is InChI=1S/C16H31N/c1-5-8-12-11-15(12)17-14-10-7-6-9-13(14)16(2,3)4/h12-15,17H,5-11H2,1-4H3. The zero-order chi connectivity index (χ0) is 12.5. The van der Waals surface area contributed by atoms with E-state index in [-0.39, 0.29) is 0 Å². The van der Waals surface area contributed by atoms with Crippen LogP contribution in [0.5, 0.6) is 0 Å². The minimum absolute atomic E-state index is 0.479. The first kappa shape index (κ1) is 13.4. The van der Waals surface area contributed by atoms with E-state index in [1.165, 1.54) is 44.9 Å². The van der Waals surface area contributed by atoms with E-state index in [0.29, 0.717) is 5.41 Å². The summed E-state index contributed by atoms with van der Waals surface area (Å²) in [6.07, 6.45) is 9.98. The second-order valence-electron chi connectivity index (χ2n) is 7.42. The van der Waals surface area contributed by atoms with Crippen molar-refractivity contribution in [1.29, 1.82) is 0 Å². The molecule has 0 aliphatic heterocycles. The predicted octanol–water partition coefficient (Wildman–Crippen LogP) is 4.37. The second-order valence-corrected chi connectivity index (χ2v) is 7.42. The smallest absolute Gasteiger partial charge is 0.0103 e. The van der Waals surface area contributed by atoms with E-state index in [2.05, 4.69) is 33.0 Å². The molecular formula is C16H31N. The maximum Gasteiger partial charge on any atom is 0.0103 e. The number of rotatable bonds is 4. The Morgan fingerprint density at radius 1 is 1.06 bits per heavy atom. The highest BCUT2D eigenvalue weighted by Gasteiger charge is 2.41. The monoisotopic (exact) mass is 237 g/mol. The number of hydrogen-bond donors (Lipinski definition) is 1. The lowest BCUT2D eigenvalue weighted by Gasteiger charge is -2.41. The zero-order valence-electron chi connectivity index (χ0n) is 12.3. The molecule has 1 N–H and O–H groups in total. The van der Waals surface area contributed by atoms with Crippen molar-refractivity contribution in [2.45, 2.75) is 84.7 Å². The molecule has 0 heterocycles. The van der Waals surface area contributed by atoms with E-state index in [9.17, 15) is 0 Å². The van der Waals surface area contributed by atoms with Crippen molar-refractivity contribution in [2.24, 2.45) is 17.3 Å². The summed E-state index contributed by atoms with van der Waals surface area (Å²) in [5.74, 6) is 1.89. The van der Waals surface area contributed by atoms with Crippen molar-refractivity contribution < 1.29 is 0 Å². The van der Waals surface area contributed by atoms with Gasteiger partial charge in [0.15, 0.2) is 0 Å². The summed E-state index contributed by atoms with van der Waals surface area (Å²) < 4.78 is 0. The lowest BCUT2D eigenvalue weighted by Crippen LogP contribution is -2.45. The Labute approximate surface area is 108 Å². The molecule has 1 heteroatoms. The molecule has 4 atom stereocenters. The highest BCUT2D eigenvalue weighted by molar-refractivity contribution is 4.98. The summed E-state index contributed by atoms with van der Waals surface area (Å²) in [7, 11) is 0. The van der Waals surface area contributed by atoms with Crippen molar-refractivity contribution in [3.05, 3.63) is 0 Å². The summed E-state index contributed by atoms with van der Waals surface area (Å²) in [5.41, 5.74) is 0.479. The van der Waals surface area contributed by atoms with Gasteiger partial charge in [-0.2, -0.15) is 0 Å². The quantitative estimate of drug-likeness (QED) is 0.765. The fourth-order valence-corrected chi connectivity index (χ4v) is 3.78. The largest absolute Gasteiger partial charge is 0.311 e. The van der Waals surface area contributed by atoms with Crippen molar-refractivity contribution in [3.8, 4) is 0 Å². The van der Waals surface area contributed by atoms with E-state index in [4.69, 9.17) is 0 Å². The SMILES string of the molecule is CCCC1CC1NC1CCCCC1C(C)(C)C. The predicted molar refractivity (Wildman–Crippen MR) is 75.1 cm³/mol. The van der Waals surface area contributed by atoms with Gasteiger partial charge >= 0.3 is 0 Å². The first-order chi connectivity index (χ1) is 8.02. The molecule has 100 valence electrons. The van der Waals surface area contributed by atoms with Crippen molar-refractivity contribution in [1.82, 2.24) is 5.32 Å². The van der Waals surface area contributed by atoms with E-state index in [1.54, 1.807) is 0 Å². The maximum absolute atomic E-state index is 3.98. The molecule has 0 spiro atoms. The van der Waals surface area contributed by atoms with E-state index >= 15 is 0 Å². The Balaban J connectivity index is 1.85. The highest BCUT2D eigenvalue weighted by Crippen LogP contribution is 2.41. The minimum Gasteiger partial charge on any atom is -0.311 e. The van der Waals surface area contributed by atoms with Crippen LogP contribution in [0.1, 0.15) is 72.6 Å². The summed E-state index contributed by atoms with van der Waals surface area (Å²) in [6, 6.07) is 1.67. The topological polar surface area (TPSA) is 12.0 Å². The Kier molecular flexibility index (Phi) is 4.18. The molecule has 2 saturated carbocycles. The lowest BCUT2D eigenvalue weighted by molar-refractivity contribution is 0.129. The van der Waals surface area contributed by atoms with E-state index in [0.717, 1.165) is 23.9 Å². The Morgan fingerprint density at radius 3 is 2.41 bits per heavy atom. The lowest BCUT2D eigenvalue weighted by atomic mass is 9.69. The van der Waals surface area contributed by atoms with Crippen LogP contribution in [0.2, 0.25) is 0 Å². The fraction of sp³-hybridized carbons (Fsp3) is 1.00. The normalized spacial score (nSPS) is 38.1. The summed E-state index contributed by atoms with van der Waals surface area (Å²) in [4.78, 5) is 0. The van der Waals surface area contributed by atoms with Gasteiger partial charge in [-0.1, -0.05) is 47.0 Å². The Bertz CT molecular complexity index is 240. The molecular weight excluding hydrogens is 206 g/mol. The van der Waals surface area contributed by atoms with Gasteiger partial charge in [-0.15, -0.1) is 0 Å². The van der Waals surface area contributed by atoms with Crippen LogP contribution in [0.3, 0.4) is 0 Å². The van der Waals surface area contributed by atoms with E-state index < -0.39 is 0 Å². The van der Waals surface area contributed by atoms with Gasteiger partial charge in [-0.05, 0) is 42.9 Å². The third-order valence-electron chi connectivity index (χ3n) is 4.89. The molecule has 0 radical (unpaired) electrons. The average Bonchev–Trinajstić information content (AvgIpc) is 2.96. The van der Waals surface area contributed by atoms with Gasteiger partial charge in [0.1, 0.15) is 0 Å². The first-order valence-electron chi connectivity index (χ1n) is 7.78. The minimum atomic E-state index is 0.479. The van der Waals surface area contributed by atoms with Gasteiger partial charge in [0, 0.05) is 12.1 Å². The van der Waals surface area contributed by atoms with Crippen LogP contribution in [-0.4, -0.2) is 12.1 Å². The molecule has 0 aromatic heterocycles.